The number of hydrogen-bond donors (Lipinski definition) is 2. The van der Waals surface area contributed by atoms with E-state index in [2.05, 4.69) is 21.2 Å². The monoisotopic (exact) mass is 362 g/mol. The maximum Gasteiger partial charge on any atom is 0.251 e. The Balaban J connectivity index is 2.23. The number of primary sulfonamides is 1. The quantitative estimate of drug-likeness (QED) is 0.837. The summed E-state index contributed by atoms with van der Waals surface area (Å²) in [6.45, 7) is 2.49. The summed E-state index contributed by atoms with van der Waals surface area (Å²) in [5.41, 5.74) is 0.247. The van der Waals surface area contributed by atoms with Crippen LogP contribution in [0, 0.1) is 0 Å². The summed E-state index contributed by atoms with van der Waals surface area (Å²) in [6.07, 6.45) is 0.693. The molecule has 1 heterocycles. The Bertz CT molecular complexity index is 632. The fraction of sp³-hybridized carbons (Fsp3) is 0.417. The molecule has 2 atom stereocenters. The van der Waals surface area contributed by atoms with Crippen molar-refractivity contribution in [1.29, 1.82) is 0 Å². The minimum atomic E-state index is -3.88. The van der Waals surface area contributed by atoms with E-state index in [1.54, 1.807) is 0 Å². The summed E-state index contributed by atoms with van der Waals surface area (Å²) in [7, 11) is -3.88. The largest absolute Gasteiger partial charge is 0.376 e. The SMILES string of the molecule is CC1OCCC1NC(=O)c1ccc(Br)c(S(N)(=O)=O)c1. The molecule has 1 fully saturated rings. The predicted octanol–water partition coefficient (Wildman–Crippen LogP) is 1.00. The summed E-state index contributed by atoms with van der Waals surface area (Å²) in [6, 6.07) is 4.22. The lowest BCUT2D eigenvalue weighted by molar-refractivity contribution is 0.0866. The molecule has 2 unspecified atom stereocenters. The van der Waals surface area contributed by atoms with E-state index in [4.69, 9.17) is 9.88 Å². The maximum absolute atomic E-state index is 12.1. The van der Waals surface area contributed by atoms with Crippen molar-refractivity contribution in [2.75, 3.05) is 6.61 Å². The van der Waals surface area contributed by atoms with Gasteiger partial charge in [-0.2, -0.15) is 0 Å². The minimum Gasteiger partial charge on any atom is -0.376 e. The van der Waals surface area contributed by atoms with E-state index in [1.807, 2.05) is 6.92 Å². The number of hydrogen-bond acceptors (Lipinski definition) is 4. The summed E-state index contributed by atoms with van der Waals surface area (Å²) < 4.78 is 28.5. The second-order valence-corrected chi connectivity index (χ2v) is 7.02. The summed E-state index contributed by atoms with van der Waals surface area (Å²) >= 11 is 3.10. The summed E-state index contributed by atoms with van der Waals surface area (Å²) in [5.74, 6) is -0.343. The molecule has 0 bridgehead atoms. The lowest BCUT2D eigenvalue weighted by Gasteiger charge is -2.16. The Labute approximate surface area is 125 Å². The second kappa shape index (κ2) is 5.80. The molecule has 2 rings (SSSR count). The van der Waals surface area contributed by atoms with Gasteiger partial charge >= 0.3 is 0 Å². The normalized spacial score (nSPS) is 22.8. The van der Waals surface area contributed by atoms with Crippen molar-refractivity contribution in [2.45, 2.75) is 30.4 Å². The highest BCUT2D eigenvalue weighted by Crippen LogP contribution is 2.22. The van der Waals surface area contributed by atoms with Crippen LogP contribution >= 0.6 is 15.9 Å². The van der Waals surface area contributed by atoms with Gasteiger partial charge in [0, 0.05) is 16.6 Å². The zero-order valence-electron chi connectivity index (χ0n) is 10.8. The third-order valence-electron chi connectivity index (χ3n) is 3.19. The smallest absolute Gasteiger partial charge is 0.251 e. The average Bonchev–Trinajstić information content (AvgIpc) is 2.74. The Morgan fingerprint density at radius 1 is 1.50 bits per heavy atom. The van der Waals surface area contributed by atoms with Crippen molar-refractivity contribution in [3.63, 3.8) is 0 Å². The van der Waals surface area contributed by atoms with Crippen LogP contribution < -0.4 is 10.5 Å². The van der Waals surface area contributed by atoms with Crippen molar-refractivity contribution in [2.24, 2.45) is 5.14 Å². The van der Waals surface area contributed by atoms with Gasteiger partial charge in [0.05, 0.1) is 17.0 Å². The van der Waals surface area contributed by atoms with Crippen LogP contribution in [0.4, 0.5) is 0 Å². The van der Waals surface area contributed by atoms with Gasteiger partial charge in [-0.15, -0.1) is 0 Å². The number of carbonyl (C=O) groups is 1. The Morgan fingerprint density at radius 2 is 2.20 bits per heavy atom. The number of rotatable bonds is 3. The molecule has 1 amide bonds. The Kier molecular flexibility index (Phi) is 4.48. The molecule has 20 heavy (non-hydrogen) atoms. The summed E-state index contributed by atoms with van der Waals surface area (Å²) in [5, 5.41) is 7.93. The zero-order valence-corrected chi connectivity index (χ0v) is 13.2. The molecule has 0 spiro atoms. The third kappa shape index (κ3) is 3.38. The van der Waals surface area contributed by atoms with Gasteiger partial charge < -0.3 is 10.1 Å². The highest BCUT2D eigenvalue weighted by Gasteiger charge is 2.26. The van der Waals surface area contributed by atoms with Crippen molar-refractivity contribution in [1.82, 2.24) is 5.32 Å². The molecule has 6 nitrogen and oxygen atoms in total. The summed E-state index contributed by atoms with van der Waals surface area (Å²) in [4.78, 5) is 12.0. The van der Waals surface area contributed by atoms with E-state index >= 15 is 0 Å². The molecule has 0 saturated carbocycles. The topological polar surface area (TPSA) is 98.5 Å². The molecule has 1 aliphatic rings. The van der Waals surface area contributed by atoms with Gasteiger partial charge in [-0.1, -0.05) is 0 Å². The molecule has 3 N–H and O–H groups in total. The lowest BCUT2D eigenvalue weighted by atomic mass is 10.1. The van der Waals surface area contributed by atoms with Crippen LogP contribution in [0.15, 0.2) is 27.6 Å². The first-order valence-corrected chi connectivity index (χ1v) is 8.38. The molecule has 8 heteroatoms. The van der Waals surface area contributed by atoms with E-state index in [1.165, 1.54) is 18.2 Å². The maximum atomic E-state index is 12.1. The average molecular weight is 363 g/mol. The molecule has 0 aliphatic carbocycles. The van der Waals surface area contributed by atoms with Crippen LogP contribution in [-0.2, 0) is 14.8 Å². The second-order valence-electron chi connectivity index (χ2n) is 4.63. The van der Waals surface area contributed by atoms with E-state index in [-0.39, 0.29) is 28.5 Å². The number of halogens is 1. The number of sulfonamides is 1. The zero-order chi connectivity index (χ0) is 14.9. The van der Waals surface area contributed by atoms with Crippen LogP contribution in [0.1, 0.15) is 23.7 Å². The fourth-order valence-corrected chi connectivity index (χ4v) is 3.59. The highest BCUT2D eigenvalue weighted by atomic mass is 79.9. The molecule has 1 aliphatic heterocycles. The Hall–Kier alpha value is -0.960. The van der Waals surface area contributed by atoms with Crippen LogP contribution in [-0.4, -0.2) is 33.1 Å². The van der Waals surface area contributed by atoms with E-state index < -0.39 is 10.0 Å². The highest BCUT2D eigenvalue weighted by molar-refractivity contribution is 9.10. The van der Waals surface area contributed by atoms with Gasteiger partial charge in [-0.25, -0.2) is 13.6 Å². The number of nitrogens with two attached hydrogens (primary N) is 1. The lowest BCUT2D eigenvalue weighted by Crippen LogP contribution is -2.39. The van der Waals surface area contributed by atoms with Crippen molar-refractivity contribution in [3.05, 3.63) is 28.2 Å². The van der Waals surface area contributed by atoms with Gasteiger partial charge in [0.2, 0.25) is 10.0 Å². The number of amides is 1. The number of benzene rings is 1. The molecule has 110 valence electrons. The minimum absolute atomic E-state index is 0.0490. The van der Waals surface area contributed by atoms with Crippen LogP contribution in [0.3, 0.4) is 0 Å². The molecular formula is C12H15BrN2O4S. The van der Waals surface area contributed by atoms with Crippen molar-refractivity contribution >= 4 is 31.9 Å². The molecule has 1 saturated heterocycles. The number of ether oxygens (including phenoxy) is 1. The number of nitrogens with one attached hydrogen (secondary N) is 1. The Morgan fingerprint density at radius 3 is 2.75 bits per heavy atom. The molecule has 1 aromatic carbocycles. The first-order chi connectivity index (χ1) is 9.29. The molecule has 0 aromatic heterocycles. The van der Waals surface area contributed by atoms with Crippen molar-refractivity contribution < 1.29 is 17.9 Å². The number of carbonyl (C=O) groups excluding carboxylic acids is 1. The third-order valence-corrected chi connectivity index (χ3v) is 5.10. The van der Waals surface area contributed by atoms with Gasteiger partial charge in [-0.05, 0) is 47.5 Å². The van der Waals surface area contributed by atoms with Crippen LogP contribution in [0.25, 0.3) is 0 Å². The van der Waals surface area contributed by atoms with Crippen LogP contribution in [0.2, 0.25) is 0 Å². The van der Waals surface area contributed by atoms with Crippen LogP contribution in [0.5, 0.6) is 0 Å². The van der Waals surface area contributed by atoms with Gasteiger partial charge in [0.25, 0.3) is 5.91 Å². The van der Waals surface area contributed by atoms with Gasteiger partial charge in [-0.3, -0.25) is 4.79 Å². The molecule has 1 aromatic rings. The van der Waals surface area contributed by atoms with Crippen molar-refractivity contribution in [3.8, 4) is 0 Å². The molecule has 0 radical (unpaired) electrons. The fourth-order valence-electron chi connectivity index (χ4n) is 2.04. The first kappa shape index (κ1) is 15.4. The van der Waals surface area contributed by atoms with Gasteiger partial charge in [0.1, 0.15) is 0 Å². The van der Waals surface area contributed by atoms with E-state index in [0.29, 0.717) is 11.1 Å². The molecular weight excluding hydrogens is 348 g/mol. The predicted molar refractivity (Wildman–Crippen MR) is 76.8 cm³/mol. The van der Waals surface area contributed by atoms with E-state index in [0.717, 1.165) is 6.42 Å². The van der Waals surface area contributed by atoms with E-state index in [9.17, 15) is 13.2 Å². The first-order valence-electron chi connectivity index (χ1n) is 6.04. The standard InChI is InChI=1S/C12H15BrN2O4S/c1-7-10(4-5-19-7)15-12(16)8-2-3-9(13)11(6-8)20(14,17)18/h2-3,6-7,10H,4-5H2,1H3,(H,15,16)(H2,14,17,18). The van der Waals surface area contributed by atoms with Gasteiger partial charge in [0.15, 0.2) is 0 Å².